The molecular formula is C9H12N6O. The summed E-state index contributed by atoms with van der Waals surface area (Å²) < 4.78 is 1.47. The van der Waals surface area contributed by atoms with E-state index in [0.29, 0.717) is 0 Å². The number of carbonyl (C=O) groups is 1. The maximum Gasteiger partial charge on any atom is 0.242 e. The van der Waals surface area contributed by atoms with Gasteiger partial charge in [-0.2, -0.15) is 5.10 Å². The Balaban J connectivity index is 1.88. The lowest BCUT2D eigenvalue weighted by molar-refractivity contribution is -0.122. The van der Waals surface area contributed by atoms with Crippen molar-refractivity contribution in [1.29, 1.82) is 0 Å². The average molecular weight is 220 g/mol. The number of amides is 1. The quantitative estimate of drug-likeness (QED) is 0.751. The number of nitrogens with zero attached hydrogens (tertiary/aromatic N) is 4. The minimum absolute atomic E-state index is 0.0743. The maximum absolute atomic E-state index is 11.6. The van der Waals surface area contributed by atoms with Crippen molar-refractivity contribution in [2.75, 3.05) is 0 Å². The standard InChI is InChI=1S/C9H12N6O/c1-7(8-4-11-12-5-8)13-9(16)6-15-3-2-10-14-15/h2-5,7H,6H2,1H3,(H,11,12)(H,13,16). The van der Waals surface area contributed by atoms with Gasteiger partial charge in [-0.15, -0.1) is 5.10 Å². The Bertz CT molecular complexity index is 435. The molecule has 2 heterocycles. The van der Waals surface area contributed by atoms with Crippen LogP contribution < -0.4 is 5.32 Å². The van der Waals surface area contributed by atoms with Crippen molar-refractivity contribution in [1.82, 2.24) is 30.5 Å². The Morgan fingerprint density at radius 1 is 1.69 bits per heavy atom. The van der Waals surface area contributed by atoms with Crippen LogP contribution in [0.1, 0.15) is 18.5 Å². The first-order chi connectivity index (χ1) is 7.75. The van der Waals surface area contributed by atoms with Crippen LogP contribution in [0.15, 0.2) is 24.8 Å². The number of aromatic amines is 1. The molecule has 7 heteroatoms. The van der Waals surface area contributed by atoms with E-state index in [2.05, 4.69) is 25.8 Å². The van der Waals surface area contributed by atoms with E-state index in [4.69, 9.17) is 0 Å². The molecule has 2 rings (SSSR count). The number of nitrogens with one attached hydrogen (secondary N) is 2. The summed E-state index contributed by atoms with van der Waals surface area (Å²) in [4.78, 5) is 11.6. The number of carbonyl (C=O) groups excluding carboxylic acids is 1. The van der Waals surface area contributed by atoms with Crippen molar-refractivity contribution in [2.45, 2.75) is 19.5 Å². The Labute approximate surface area is 91.9 Å². The molecule has 0 aliphatic heterocycles. The Hall–Kier alpha value is -2.18. The van der Waals surface area contributed by atoms with Gasteiger partial charge in [0.1, 0.15) is 6.54 Å². The number of aromatic nitrogens is 5. The monoisotopic (exact) mass is 220 g/mol. The van der Waals surface area contributed by atoms with Crippen molar-refractivity contribution in [2.24, 2.45) is 0 Å². The molecule has 16 heavy (non-hydrogen) atoms. The molecule has 0 radical (unpaired) electrons. The highest BCUT2D eigenvalue weighted by molar-refractivity contribution is 5.76. The normalized spacial score (nSPS) is 12.3. The van der Waals surface area contributed by atoms with E-state index >= 15 is 0 Å². The summed E-state index contributed by atoms with van der Waals surface area (Å²) in [5, 5.41) is 16.7. The van der Waals surface area contributed by atoms with E-state index in [1.54, 1.807) is 18.6 Å². The van der Waals surface area contributed by atoms with Crippen molar-refractivity contribution in [3.8, 4) is 0 Å². The zero-order valence-corrected chi connectivity index (χ0v) is 8.79. The number of H-pyrrole nitrogens is 1. The number of rotatable bonds is 4. The van der Waals surface area contributed by atoms with E-state index in [9.17, 15) is 4.79 Å². The van der Waals surface area contributed by atoms with E-state index in [0.717, 1.165) is 5.56 Å². The average Bonchev–Trinajstić information content (AvgIpc) is 2.88. The zero-order valence-electron chi connectivity index (χ0n) is 8.79. The van der Waals surface area contributed by atoms with Gasteiger partial charge in [0, 0.05) is 18.0 Å². The molecule has 0 aliphatic rings. The number of hydrogen-bond donors (Lipinski definition) is 2. The van der Waals surface area contributed by atoms with Crippen molar-refractivity contribution in [3.05, 3.63) is 30.4 Å². The number of hydrogen-bond acceptors (Lipinski definition) is 4. The lowest BCUT2D eigenvalue weighted by Gasteiger charge is -2.11. The fourth-order valence-corrected chi connectivity index (χ4v) is 1.33. The van der Waals surface area contributed by atoms with Gasteiger partial charge in [-0.25, -0.2) is 4.68 Å². The van der Waals surface area contributed by atoms with Crippen molar-refractivity contribution in [3.63, 3.8) is 0 Å². The first kappa shape index (κ1) is 10.3. The molecule has 2 aromatic rings. The second-order valence-electron chi connectivity index (χ2n) is 3.42. The van der Waals surface area contributed by atoms with Crippen LogP contribution in [-0.4, -0.2) is 31.1 Å². The lowest BCUT2D eigenvalue weighted by Crippen LogP contribution is -2.30. The van der Waals surface area contributed by atoms with Crippen LogP contribution in [0, 0.1) is 0 Å². The summed E-state index contributed by atoms with van der Waals surface area (Å²) in [6.45, 7) is 2.06. The molecule has 0 saturated heterocycles. The molecule has 7 nitrogen and oxygen atoms in total. The lowest BCUT2D eigenvalue weighted by atomic mass is 10.2. The summed E-state index contributed by atoms with van der Waals surface area (Å²) in [6.07, 6.45) is 6.61. The molecule has 1 atom stereocenters. The van der Waals surface area contributed by atoms with Crippen LogP contribution in [-0.2, 0) is 11.3 Å². The van der Waals surface area contributed by atoms with Gasteiger partial charge in [0.05, 0.1) is 18.4 Å². The van der Waals surface area contributed by atoms with Crippen LogP contribution in [0.4, 0.5) is 0 Å². The van der Waals surface area contributed by atoms with Crippen LogP contribution in [0.25, 0.3) is 0 Å². The highest BCUT2D eigenvalue weighted by Gasteiger charge is 2.10. The minimum Gasteiger partial charge on any atom is -0.348 e. The molecule has 0 bridgehead atoms. The fourth-order valence-electron chi connectivity index (χ4n) is 1.33. The first-order valence-electron chi connectivity index (χ1n) is 4.88. The molecule has 0 aromatic carbocycles. The summed E-state index contributed by atoms with van der Waals surface area (Å²) in [5.74, 6) is -0.112. The van der Waals surface area contributed by atoms with E-state index in [1.807, 2.05) is 6.92 Å². The third-order valence-corrected chi connectivity index (χ3v) is 2.17. The molecule has 2 aromatic heterocycles. The minimum atomic E-state index is -0.112. The predicted molar refractivity (Wildman–Crippen MR) is 55.2 cm³/mol. The van der Waals surface area contributed by atoms with Gasteiger partial charge in [-0.3, -0.25) is 9.89 Å². The summed E-state index contributed by atoms with van der Waals surface area (Å²) in [7, 11) is 0. The highest BCUT2D eigenvalue weighted by atomic mass is 16.2. The third kappa shape index (κ3) is 2.44. The molecule has 1 amide bonds. The topological polar surface area (TPSA) is 88.5 Å². The van der Waals surface area contributed by atoms with Crippen LogP contribution in [0.5, 0.6) is 0 Å². The van der Waals surface area contributed by atoms with E-state index in [-0.39, 0.29) is 18.5 Å². The second kappa shape index (κ2) is 4.56. The Morgan fingerprint density at radius 2 is 2.56 bits per heavy atom. The van der Waals surface area contributed by atoms with Crippen LogP contribution >= 0.6 is 0 Å². The summed E-state index contributed by atoms with van der Waals surface area (Å²) in [5.41, 5.74) is 0.937. The van der Waals surface area contributed by atoms with Gasteiger partial charge in [-0.05, 0) is 6.92 Å². The SMILES string of the molecule is CC(NC(=O)Cn1ccnn1)c1cn[nH]c1. The van der Waals surface area contributed by atoms with E-state index < -0.39 is 0 Å². The fraction of sp³-hybridized carbons (Fsp3) is 0.333. The molecule has 0 saturated carbocycles. The van der Waals surface area contributed by atoms with Crippen molar-refractivity contribution < 1.29 is 4.79 Å². The Morgan fingerprint density at radius 3 is 3.19 bits per heavy atom. The van der Waals surface area contributed by atoms with Gasteiger partial charge < -0.3 is 5.32 Å². The van der Waals surface area contributed by atoms with Crippen LogP contribution in [0.3, 0.4) is 0 Å². The van der Waals surface area contributed by atoms with E-state index in [1.165, 1.54) is 10.9 Å². The largest absolute Gasteiger partial charge is 0.348 e. The molecular weight excluding hydrogens is 208 g/mol. The third-order valence-electron chi connectivity index (χ3n) is 2.17. The second-order valence-corrected chi connectivity index (χ2v) is 3.42. The van der Waals surface area contributed by atoms with Gasteiger partial charge in [0.2, 0.25) is 5.91 Å². The zero-order chi connectivity index (χ0) is 11.4. The van der Waals surface area contributed by atoms with Gasteiger partial charge >= 0.3 is 0 Å². The molecule has 84 valence electrons. The van der Waals surface area contributed by atoms with Gasteiger partial charge in [0.25, 0.3) is 0 Å². The van der Waals surface area contributed by atoms with Gasteiger partial charge in [0.15, 0.2) is 0 Å². The molecule has 2 N–H and O–H groups in total. The molecule has 0 fully saturated rings. The maximum atomic E-state index is 11.6. The van der Waals surface area contributed by atoms with Crippen LogP contribution in [0.2, 0.25) is 0 Å². The molecule has 1 unspecified atom stereocenters. The summed E-state index contributed by atoms with van der Waals surface area (Å²) >= 11 is 0. The highest BCUT2D eigenvalue weighted by Crippen LogP contribution is 2.08. The summed E-state index contributed by atoms with van der Waals surface area (Å²) in [6, 6.07) is -0.0743. The van der Waals surface area contributed by atoms with Gasteiger partial charge in [-0.1, -0.05) is 5.21 Å². The van der Waals surface area contributed by atoms with Crippen molar-refractivity contribution >= 4 is 5.91 Å². The predicted octanol–water partition coefficient (Wildman–Crippen LogP) is -0.121. The first-order valence-corrected chi connectivity index (χ1v) is 4.88. The Kier molecular flexibility index (Phi) is 2.95. The molecule has 0 spiro atoms. The smallest absolute Gasteiger partial charge is 0.242 e. The molecule has 0 aliphatic carbocycles.